The summed E-state index contributed by atoms with van der Waals surface area (Å²) < 4.78 is 27.2. The fourth-order valence-electron chi connectivity index (χ4n) is 1.70. The second-order valence-corrected chi connectivity index (χ2v) is 4.99. The lowest BCUT2D eigenvalue weighted by Crippen LogP contribution is -2.07. The predicted octanol–water partition coefficient (Wildman–Crippen LogP) is 4.90. The Kier molecular flexibility index (Phi) is 3.97. The number of nitrogens with one attached hydrogen (secondary N) is 1. The van der Waals surface area contributed by atoms with Crippen LogP contribution < -0.4 is 5.32 Å². The van der Waals surface area contributed by atoms with Gasteiger partial charge in [-0.25, -0.2) is 8.78 Å². The molecule has 1 atom stereocenters. The molecular formula is C14H12BrF2N. The summed E-state index contributed by atoms with van der Waals surface area (Å²) in [5.41, 5.74) is 1.48. The Morgan fingerprint density at radius 3 is 2.11 bits per heavy atom. The molecule has 94 valence electrons. The molecule has 0 heterocycles. The van der Waals surface area contributed by atoms with E-state index in [0.717, 1.165) is 16.2 Å². The van der Waals surface area contributed by atoms with Crippen molar-refractivity contribution >= 4 is 21.6 Å². The second-order valence-electron chi connectivity index (χ2n) is 4.08. The van der Waals surface area contributed by atoms with Crippen LogP contribution in [0.2, 0.25) is 0 Å². The number of rotatable bonds is 3. The van der Waals surface area contributed by atoms with E-state index < -0.39 is 11.6 Å². The lowest BCUT2D eigenvalue weighted by Gasteiger charge is -2.16. The van der Waals surface area contributed by atoms with Gasteiger partial charge in [-0.3, -0.25) is 0 Å². The lowest BCUT2D eigenvalue weighted by molar-refractivity contribution is 0.577. The van der Waals surface area contributed by atoms with E-state index in [1.807, 2.05) is 31.2 Å². The molecule has 0 saturated heterocycles. The Labute approximate surface area is 113 Å². The van der Waals surface area contributed by atoms with Gasteiger partial charge in [0, 0.05) is 22.3 Å². The van der Waals surface area contributed by atoms with E-state index in [1.165, 1.54) is 12.1 Å². The van der Waals surface area contributed by atoms with Gasteiger partial charge in [0.05, 0.1) is 0 Å². The van der Waals surface area contributed by atoms with Crippen molar-refractivity contribution in [3.63, 3.8) is 0 Å². The van der Waals surface area contributed by atoms with Crippen LogP contribution in [0.1, 0.15) is 18.5 Å². The normalized spacial score (nSPS) is 12.2. The molecule has 0 spiro atoms. The first kappa shape index (κ1) is 13.0. The van der Waals surface area contributed by atoms with Gasteiger partial charge in [0.25, 0.3) is 0 Å². The molecule has 0 aromatic heterocycles. The van der Waals surface area contributed by atoms with Gasteiger partial charge in [-0.1, -0.05) is 15.9 Å². The standard InChI is InChI=1S/C14H12BrF2N/c1-9(10-6-12(16)8-13(17)7-10)18-14-4-2-11(15)3-5-14/h2-9,18H,1H3. The van der Waals surface area contributed by atoms with Gasteiger partial charge in [0.15, 0.2) is 0 Å². The summed E-state index contributed by atoms with van der Waals surface area (Å²) in [6, 6.07) is 11.0. The first-order valence-electron chi connectivity index (χ1n) is 5.53. The first-order chi connectivity index (χ1) is 8.54. The molecule has 0 aliphatic carbocycles. The minimum Gasteiger partial charge on any atom is -0.379 e. The summed E-state index contributed by atoms with van der Waals surface area (Å²) in [4.78, 5) is 0. The fraction of sp³-hybridized carbons (Fsp3) is 0.143. The number of benzene rings is 2. The van der Waals surface area contributed by atoms with Crippen LogP contribution in [0.15, 0.2) is 46.9 Å². The van der Waals surface area contributed by atoms with E-state index in [1.54, 1.807) is 0 Å². The molecule has 1 nitrogen and oxygen atoms in total. The summed E-state index contributed by atoms with van der Waals surface area (Å²) in [6.45, 7) is 1.86. The van der Waals surface area contributed by atoms with Gasteiger partial charge in [-0.2, -0.15) is 0 Å². The van der Waals surface area contributed by atoms with Crippen LogP contribution in [0.4, 0.5) is 14.5 Å². The van der Waals surface area contributed by atoms with Gasteiger partial charge in [-0.05, 0) is 48.9 Å². The van der Waals surface area contributed by atoms with E-state index in [4.69, 9.17) is 0 Å². The van der Waals surface area contributed by atoms with Gasteiger partial charge >= 0.3 is 0 Å². The van der Waals surface area contributed by atoms with Gasteiger partial charge in [-0.15, -0.1) is 0 Å². The number of anilines is 1. The monoisotopic (exact) mass is 311 g/mol. The molecule has 0 saturated carbocycles. The topological polar surface area (TPSA) is 12.0 Å². The number of hydrogen-bond donors (Lipinski definition) is 1. The predicted molar refractivity (Wildman–Crippen MR) is 72.5 cm³/mol. The van der Waals surface area contributed by atoms with Crippen molar-refractivity contribution in [2.75, 3.05) is 5.32 Å². The van der Waals surface area contributed by atoms with Crippen LogP contribution in [0.5, 0.6) is 0 Å². The SMILES string of the molecule is CC(Nc1ccc(Br)cc1)c1cc(F)cc(F)c1. The molecule has 0 radical (unpaired) electrons. The van der Waals surface area contributed by atoms with Crippen LogP contribution in [-0.2, 0) is 0 Å². The first-order valence-corrected chi connectivity index (χ1v) is 6.32. The fourth-order valence-corrected chi connectivity index (χ4v) is 1.97. The van der Waals surface area contributed by atoms with Gasteiger partial charge in [0.2, 0.25) is 0 Å². The maximum Gasteiger partial charge on any atom is 0.126 e. The summed E-state index contributed by atoms with van der Waals surface area (Å²) in [7, 11) is 0. The maximum atomic E-state index is 13.1. The minimum atomic E-state index is -0.561. The average Bonchev–Trinajstić information content (AvgIpc) is 2.31. The van der Waals surface area contributed by atoms with E-state index in [0.29, 0.717) is 5.56 Å². The Bertz CT molecular complexity index is 520. The van der Waals surface area contributed by atoms with Crippen LogP contribution >= 0.6 is 15.9 Å². The zero-order chi connectivity index (χ0) is 13.1. The van der Waals surface area contributed by atoms with E-state index >= 15 is 0 Å². The summed E-state index contributed by atoms with van der Waals surface area (Å²) in [5, 5.41) is 3.19. The summed E-state index contributed by atoms with van der Waals surface area (Å²) >= 11 is 3.35. The Hall–Kier alpha value is -1.42. The van der Waals surface area contributed by atoms with Crippen molar-refractivity contribution in [2.24, 2.45) is 0 Å². The lowest BCUT2D eigenvalue weighted by atomic mass is 10.1. The van der Waals surface area contributed by atoms with Crippen molar-refractivity contribution in [1.82, 2.24) is 0 Å². The molecule has 0 fully saturated rings. The average molecular weight is 312 g/mol. The second kappa shape index (κ2) is 5.48. The molecule has 18 heavy (non-hydrogen) atoms. The highest BCUT2D eigenvalue weighted by Crippen LogP contribution is 2.22. The Balaban J connectivity index is 2.16. The zero-order valence-corrected chi connectivity index (χ0v) is 11.3. The summed E-state index contributed by atoms with van der Waals surface area (Å²) in [6.07, 6.45) is 0. The highest BCUT2D eigenvalue weighted by molar-refractivity contribution is 9.10. The van der Waals surface area contributed by atoms with Crippen molar-refractivity contribution < 1.29 is 8.78 Å². The van der Waals surface area contributed by atoms with E-state index in [2.05, 4.69) is 21.2 Å². The number of hydrogen-bond acceptors (Lipinski definition) is 1. The zero-order valence-electron chi connectivity index (χ0n) is 9.75. The molecule has 0 aliphatic heterocycles. The molecule has 2 rings (SSSR count). The molecule has 0 aliphatic rings. The van der Waals surface area contributed by atoms with E-state index in [9.17, 15) is 8.78 Å². The molecular weight excluding hydrogens is 300 g/mol. The minimum absolute atomic E-state index is 0.170. The highest BCUT2D eigenvalue weighted by atomic mass is 79.9. The van der Waals surface area contributed by atoms with Gasteiger partial charge in [0.1, 0.15) is 11.6 Å². The van der Waals surface area contributed by atoms with Crippen molar-refractivity contribution in [1.29, 1.82) is 0 Å². The largest absolute Gasteiger partial charge is 0.379 e. The van der Waals surface area contributed by atoms with Crippen LogP contribution in [-0.4, -0.2) is 0 Å². The van der Waals surface area contributed by atoms with Crippen LogP contribution in [0.25, 0.3) is 0 Å². The molecule has 1 unspecified atom stereocenters. The highest BCUT2D eigenvalue weighted by Gasteiger charge is 2.08. The number of halogens is 3. The van der Waals surface area contributed by atoms with Gasteiger partial charge < -0.3 is 5.32 Å². The molecule has 2 aromatic carbocycles. The Morgan fingerprint density at radius 2 is 1.56 bits per heavy atom. The molecule has 2 aromatic rings. The summed E-state index contributed by atoms with van der Waals surface area (Å²) in [5.74, 6) is -1.12. The van der Waals surface area contributed by atoms with Crippen LogP contribution in [0.3, 0.4) is 0 Å². The third-order valence-corrected chi connectivity index (χ3v) is 3.14. The quantitative estimate of drug-likeness (QED) is 0.850. The smallest absolute Gasteiger partial charge is 0.126 e. The third kappa shape index (κ3) is 3.29. The molecule has 0 bridgehead atoms. The van der Waals surface area contributed by atoms with Crippen LogP contribution in [0, 0.1) is 11.6 Å². The van der Waals surface area contributed by atoms with Crippen molar-refractivity contribution in [2.45, 2.75) is 13.0 Å². The Morgan fingerprint density at radius 1 is 1.00 bits per heavy atom. The molecule has 4 heteroatoms. The van der Waals surface area contributed by atoms with E-state index in [-0.39, 0.29) is 6.04 Å². The van der Waals surface area contributed by atoms with Crippen molar-refractivity contribution in [3.05, 3.63) is 64.1 Å². The third-order valence-electron chi connectivity index (χ3n) is 2.61. The molecule has 0 amide bonds. The van der Waals surface area contributed by atoms with Crippen molar-refractivity contribution in [3.8, 4) is 0 Å². The maximum absolute atomic E-state index is 13.1. The molecule has 1 N–H and O–H groups in total.